The van der Waals surface area contributed by atoms with Crippen molar-refractivity contribution in [2.24, 2.45) is 17.3 Å². The second-order valence-electron chi connectivity index (χ2n) is 8.50. The molecule has 3 aliphatic rings. The topological polar surface area (TPSA) is 52.5 Å². The van der Waals surface area contributed by atoms with E-state index in [9.17, 15) is 5.11 Å². The molecule has 4 rings (SSSR count). The summed E-state index contributed by atoms with van der Waals surface area (Å²) in [7, 11) is 0. The molecule has 0 aliphatic heterocycles. The summed E-state index contributed by atoms with van der Waals surface area (Å²) in [6, 6.07) is 6.68. The number of nitrogens with one attached hydrogen (secondary N) is 1. The van der Waals surface area contributed by atoms with Gasteiger partial charge in [-0.3, -0.25) is 0 Å². The molecule has 5 atom stereocenters. The molecule has 2 fully saturated rings. The number of phenols is 1. The highest BCUT2D eigenvalue weighted by molar-refractivity contribution is 5.40. The molecular weight excluding hydrogens is 298 g/mol. The molecular formula is C21H31NO2. The molecule has 0 heterocycles. The largest absolute Gasteiger partial charge is 0.508 e. The summed E-state index contributed by atoms with van der Waals surface area (Å²) in [6.45, 7) is 3.75. The number of hydrogen-bond acceptors (Lipinski definition) is 3. The Morgan fingerprint density at radius 3 is 2.92 bits per heavy atom. The third-order valence-corrected chi connectivity index (χ3v) is 7.44. The minimum atomic E-state index is 0.286. The van der Waals surface area contributed by atoms with Gasteiger partial charge in [0.25, 0.3) is 0 Å². The van der Waals surface area contributed by atoms with Crippen LogP contribution < -0.4 is 5.32 Å². The second-order valence-corrected chi connectivity index (χ2v) is 8.50. The predicted molar refractivity (Wildman–Crippen MR) is 96.2 cm³/mol. The Labute approximate surface area is 145 Å². The molecule has 0 radical (unpaired) electrons. The number of aliphatic hydroxyl groups is 1. The second kappa shape index (κ2) is 6.34. The number of fused-ring (bicyclic) bond motifs is 5. The first-order valence-electron chi connectivity index (χ1n) is 9.79. The third-order valence-electron chi connectivity index (χ3n) is 7.44. The van der Waals surface area contributed by atoms with Crippen LogP contribution in [0, 0.1) is 17.3 Å². The van der Waals surface area contributed by atoms with Crippen molar-refractivity contribution in [2.45, 2.75) is 63.8 Å². The molecule has 0 amide bonds. The van der Waals surface area contributed by atoms with Gasteiger partial charge in [-0.15, -0.1) is 0 Å². The predicted octanol–water partition coefficient (Wildman–Crippen LogP) is 3.59. The molecule has 0 aromatic heterocycles. The van der Waals surface area contributed by atoms with Crippen LogP contribution in [0.3, 0.4) is 0 Å². The van der Waals surface area contributed by atoms with E-state index in [2.05, 4.69) is 18.3 Å². The Morgan fingerprint density at radius 2 is 2.08 bits per heavy atom. The minimum Gasteiger partial charge on any atom is -0.508 e. The molecule has 1 aromatic carbocycles. The number of aromatic hydroxyl groups is 1. The number of phenolic OH excluding ortho intramolecular Hbond substituents is 1. The van der Waals surface area contributed by atoms with Crippen molar-refractivity contribution < 1.29 is 10.2 Å². The summed E-state index contributed by atoms with van der Waals surface area (Å²) in [5, 5.41) is 22.6. The maximum atomic E-state index is 9.79. The van der Waals surface area contributed by atoms with Gasteiger partial charge in [-0.2, -0.15) is 0 Å². The zero-order chi connectivity index (χ0) is 16.7. The van der Waals surface area contributed by atoms with E-state index in [0.717, 1.165) is 31.2 Å². The van der Waals surface area contributed by atoms with Gasteiger partial charge in [0.15, 0.2) is 0 Å². The lowest BCUT2D eigenvalue weighted by Gasteiger charge is -2.51. The normalized spacial score (nSPS) is 37.6. The van der Waals surface area contributed by atoms with Gasteiger partial charge in [0, 0.05) is 12.6 Å². The first-order valence-corrected chi connectivity index (χ1v) is 9.79. The van der Waals surface area contributed by atoms with Crippen molar-refractivity contribution in [1.29, 1.82) is 0 Å². The Morgan fingerprint density at radius 1 is 1.21 bits per heavy atom. The lowest BCUT2D eigenvalue weighted by atomic mass is 9.55. The van der Waals surface area contributed by atoms with Crippen molar-refractivity contribution >= 4 is 0 Å². The number of aryl methyl sites for hydroxylation is 1. The van der Waals surface area contributed by atoms with Gasteiger partial charge in [-0.1, -0.05) is 13.0 Å². The van der Waals surface area contributed by atoms with E-state index in [1.807, 2.05) is 12.1 Å². The monoisotopic (exact) mass is 329 g/mol. The molecule has 2 saturated carbocycles. The summed E-state index contributed by atoms with van der Waals surface area (Å²) >= 11 is 0. The van der Waals surface area contributed by atoms with Gasteiger partial charge in [-0.25, -0.2) is 0 Å². The zero-order valence-corrected chi connectivity index (χ0v) is 14.8. The first kappa shape index (κ1) is 16.4. The fourth-order valence-electron chi connectivity index (χ4n) is 6.26. The summed E-state index contributed by atoms with van der Waals surface area (Å²) in [5.41, 5.74) is 3.32. The van der Waals surface area contributed by atoms with Crippen LogP contribution in [0.25, 0.3) is 0 Å². The van der Waals surface area contributed by atoms with Crippen molar-refractivity contribution in [1.82, 2.24) is 5.32 Å². The fourth-order valence-corrected chi connectivity index (χ4v) is 6.26. The molecule has 3 aliphatic carbocycles. The van der Waals surface area contributed by atoms with Gasteiger partial charge in [0.1, 0.15) is 5.75 Å². The Hall–Kier alpha value is -1.06. The molecule has 0 unspecified atom stereocenters. The van der Waals surface area contributed by atoms with Gasteiger partial charge < -0.3 is 15.5 Å². The van der Waals surface area contributed by atoms with E-state index in [1.165, 1.54) is 43.2 Å². The number of aliphatic hydroxyl groups excluding tert-OH is 1. The van der Waals surface area contributed by atoms with Crippen LogP contribution in [0.4, 0.5) is 0 Å². The summed E-state index contributed by atoms with van der Waals surface area (Å²) in [5.74, 6) is 2.75. The van der Waals surface area contributed by atoms with E-state index in [-0.39, 0.29) is 6.61 Å². The van der Waals surface area contributed by atoms with E-state index in [1.54, 1.807) is 0 Å². The quantitative estimate of drug-likeness (QED) is 0.740. The highest BCUT2D eigenvalue weighted by Gasteiger charge is 2.54. The first-order chi connectivity index (χ1) is 11.6. The van der Waals surface area contributed by atoms with Crippen LogP contribution in [0.2, 0.25) is 0 Å². The summed E-state index contributed by atoms with van der Waals surface area (Å²) < 4.78 is 0. The molecule has 3 nitrogen and oxygen atoms in total. The van der Waals surface area contributed by atoms with Gasteiger partial charge in [0.05, 0.1) is 0 Å². The van der Waals surface area contributed by atoms with Gasteiger partial charge in [-0.05, 0) is 97.9 Å². The van der Waals surface area contributed by atoms with Crippen LogP contribution in [-0.2, 0) is 6.42 Å². The van der Waals surface area contributed by atoms with Crippen molar-refractivity contribution in [3.05, 3.63) is 29.3 Å². The number of hydrogen-bond donors (Lipinski definition) is 3. The Kier molecular flexibility index (Phi) is 4.34. The number of benzene rings is 1. The Balaban J connectivity index is 1.54. The Bertz CT molecular complexity index is 602. The zero-order valence-electron chi connectivity index (χ0n) is 14.8. The van der Waals surface area contributed by atoms with Crippen molar-refractivity contribution in [2.75, 3.05) is 13.2 Å². The molecule has 0 bridgehead atoms. The maximum Gasteiger partial charge on any atom is 0.115 e. The number of rotatable bonds is 4. The average Bonchev–Trinajstić information content (AvgIpc) is 2.91. The summed E-state index contributed by atoms with van der Waals surface area (Å²) in [4.78, 5) is 0. The van der Waals surface area contributed by atoms with Crippen LogP contribution in [-0.4, -0.2) is 29.4 Å². The molecule has 0 saturated heterocycles. The average molecular weight is 329 g/mol. The lowest BCUT2D eigenvalue weighted by Crippen LogP contribution is -2.48. The molecule has 3 N–H and O–H groups in total. The smallest absolute Gasteiger partial charge is 0.115 e. The van der Waals surface area contributed by atoms with Crippen LogP contribution in [0.15, 0.2) is 18.2 Å². The summed E-state index contributed by atoms with van der Waals surface area (Å²) in [6.07, 6.45) is 8.49. The van der Waals surface area contributed by atoms with E-state index in [4.69, 9.17) is 5.11 Å². The fraction of sp³-hybridized carbons (Fsp3) is 0.714. The molecule has 24 heavy (non-hydrogen) atoms. The SMILES string of the molecule is C[C@]12CC[C@@H]3c4ccc(O)cc4CC[C@H]3[C@@H]1CC[C@@H]2NCCCO. The molecule has 132 valence electrons. The molecule has 0 spiro atoms. The van der Waals surface area contributed by atoms with Gasteiger partial charge in [0.2, 0.25) is 0 Å². The third kappa shape index (κ3) is 2.57. The van der Waals surface area contributed by atoms with Crippen molar-refractivity contribution in [3.63, 3.8) is 0 Å². The highest BCUT2D eigenvalue weighted by atomic mass is 16.3. The van der Waals surface area contributed by atoms with E-state index in [0.29, 0.717) is 23.1 Å². The lowest BCUT2D eigenvalue weighted by molar-refractivity contribution is 0.0409. The van der Waals surface area contributed by atoms with Crippen LogP contribution in [0.1, 0.15) is 62.5 Å². The molecule has 3 heteroatoms. The van der Waals surface area contributed by atoms with Crippen LogP contribution in [0.5, 0.6) is 5.75 Å². The van der Waals surface area contributed by atoms with Gasteiger partial charge >= 0.3 is 0 Å². The van der Waals surface area contributed by atoms with E-state index >= 15 is 0 Å². The standard InChI is InChI=1S/C21H31NO2/c1-21-10-9-17-16-6-4-15(24)13-14(16)3-5-18(17)19(21)7-8-20(21)22-11-2-12-23/h4,6,13,17-20,22-24H,2-3,5,7-12H2,1H3/t17-,18-,19+,20+,21+/m1/s1. The van der Waals surface area contributed by atoms with Crippen molar-refractivity contribution in [3.8, 4) is 5.75 Å². The minimum absolute atomic E-state index is 0.286. The highest BCUT2D eigenvalue weighted by Crippen LogP contribution is 2.60. The van der Waals surface area contributed by atoms with Crippen LogP contribution >= 0.6 is 0 Å². The molecule has 1 aromatic rings. The van der Waals surface area contributed by atoms with E-state index < -0.39 is 0 Å². The maximum absolute atomic E-state index is 9.79.